The number of carboxylic acids is 2. The lowest BCUT2D eigenvalue weighted by molar-refractivity contribution is -0.384. The molecule has 0 radical (unpaired) electrons. The van der Waals surface area contributed by atoms with Crippen LogP contribution < -0.4 is 5.32 Å². The third-order valence-corrected chi connectivity index (χ3v) is 5.14. The zero-order valence-corrected chi connectivity index (χ0v) is 18.4. The first kappa shape index (κ1) is 23.9. The number of carbonyl (C=O) groups is 2. The second-order valence-corrected chi connectivity index (χ2v) is 9.87. The topological polar surface area (TPSA) is 130 Å². The number of nitrogens with zero attached hydrogens (tertiary/aromatic N) is 1. The van der Waals surface area contributed by atoms with Gasteiger partial charge in [-0.15, -0.1) is 0 Å². The van der Waals surface area contributed by atoms with Gasteiger partial charge in [0.25, 0.3) is 5.69 Å². The number of aliphatic carboxylic acids is 2. The minimum Gasteiger partial charge on any atom is -0.481 e. The van der Waals surface area contributed by atoms with Crippen LogP contribution >= 0.6 is 15.9 Å². The fourth-order valence-corrected chi connectivity index (χ4v) is 3.87. The number of benzene rings is 1. The lowest BCUT2D eigenvalue weighted by atomic mass is 9.61. The molecule has 3 N–H and O–H groups in total. The maximum absolute atomic E-state index is 12.2. The molecule has 0 heterocycles. The monoisotopic (exact) mass is 458 g/mol. The van der Waals surface area contributed by atoms with Crippen LogP contribution in [0.15, 0.2) is 22.7 Å². The van der Waals surface area contributed by atoms with Crippen LogP contribution in [0.4, 0.5) is 11.4 Å². The number of halogens is 1. The molecule has 1 aromatic rings. The van der Waals surface area contributed by atoms with Crippen LogP contribution in [0.25, 0.3) is 0 Å². The molecule has 0 spiro atoms. The highest BCUT2D eigenvalue weighted by Crippen LogP contribution is 2.45. The summed E-state index contributed by atoms with van der Waals surface area (Å²) in [7, 11) is 0. The number of carboxylic acid groups (broad SMARTS) is 2. The van der Waals surface area contributed by atoms with Crippen molar-refractivity contribution in [3.63, 3.8) is 0 Å². The molecule has 8 nitrogen and oxygen atoms in total. The fraction of sp³-hybridized carbons (Fsp3) is 0.579. The van der Waals surface area contributed by atoms with Gasteiger partial charge in [-0.1, -0.05) is 57.5 Å². The molecule has 0 aliphatic rings. The van der Waals surface area contributed by atoms with Crippen molar-refractivity contribution >= 4 is 39.2 Å². The molecular weight excluding hydrogens is 432 g/mol. The average Bonchev–Trinajstić information content (AvgIpc) is 2.47. The second-order valence-electron chi connectivity index (χ2n) is 8.95. The zero-order chi connectivity index (χ0) is 22.0. The Hall–Kier alpha value is -2.16. The molecule has 0 amide bonds. The third-order valence-electron chi connectivity index (χ3n) is 4.65. The van der Waals surface area contributed by atoms with Crippen molar-refractivity contribution < 1.29 is 24.7 Å². The minimum absolute atomic E-state index is 0.0130. The van der Waals surface area contributed by atoms with Crippen molar-refractivity contribution in [2.45, 2.75) is 47.6 Å². The van der Waals surface area contributed by atoms with E-state index in [1.165, 1.54) is 18.2 Å². The third kappa shape index (κ3) is 5.67. The number of rotatable bonds is 7. The van der Waals surface area contributed by atoms with Crippen molar-refractivity contribution in [2.24, 2.45) is 22.7 Å². The van der Waals surface area contributed by atoms with Gasteiger partial charge in [0.05, 0.1) is 10.8 Å². The molecule has 1 rings (SSSR count). The number of nitrogens with one attached hydrogen (secondary N) is 1. The highest BCUT2D eigenvalue weighted by Gasteiger charge is 2.49. The Morgan fingerprint density at radius 1 is 1.07 bits per heavy atom. The normalized spacial score (nSPS) is 15.4. The maximum Gasteiger partial charge on any atom is 0.326 e. The molecular formula is C19H27BrN2O6. The Kier molecular flexibility index (Phi) is 7.22. The van der Waals surface area contributed by atoms with Crippen molar-refractivity contribution in [3.8, 4) is 0 Å². The molecule has 0 fully saturated rings. The Bertz CT molecular complexity index is 767. The van der Waals surface area contributed by atoms with E-state index in [1.54, 1.807) is 41.5 Å². The molecule has 0 saturated carbocycles. The molecule has 0 bridgehead atoms. The summed E-state index contributed by atoms with van der Waals surface area (Å²) < 4.78 is 0.530. The maximum atomic E-state index is 12.2. The number of anilines is 1. The molecule has 156 valence electrons. The molecule has 0 aliphatic heterocycles. The molecule has 0 saturated heterocycles. The SMILES string of the molecule is CC(C)(C)C(C(=O)O)C(C(Nc1cc(Br)ccc1[N+](=O)[O-])C(=O)O)C(C)(C)C. The van der Waals surface area contributed by atoms with E-state index < -0.39 is 45.6 Å². The standard InChI is InChI=1S/C19H27BrN2O6/c1-18(2,3)13(14(16(23)24)19(4,5)6)15(17(25)26)21-11-9-10(20)7-8-12(11)22(27)28/h7-9,13-15,21H,1-6H3,(H,23,24)(H,25,26). The summed E-state index contributed by atoms with van der Waals surface area (Å²) in [5, 5.41) is 33.9. The van der Waals surface area contributed by atoms with Gasteiger partial charge in [-0.3, -0.25) is 14.9 Å². The average molecular weight is 459 g/mol. The molecule has 9 heteroatoms. The minimum atomic E-state index is -1.35. The quantitative estimate of drug-likeness (QED) is 0.400. The molecule has 0 aliphatic carbocycles. The van der Waals surface area contributed by atoms with E-state index in [0.29, 0.717) is 4.47 Å². The summed E-state index contributed by atoms with van der Waals surface area (Å²) >= 11 is 3.23. The number of hydrogen-bond donors (Lipinski definition) is 3. The molecule has 0 aromatic heterocycles. The van der Waals surface area contributed by atoms with Crippen LogP contribution in [0, 0.1) is 32.8 Å². The van der Waals surface area contributed by atoms with Gasteiger partial charge in [0.2, 0.25) is 0 Å². The first-order valence-electron chi connectivity index (χ1n) is 8.73. The summed E-state index contributed by atoms with van der Waals surface area (Å²) in [4.78, 5) is 35.0. The predicted molar refractivity (Wildman–Crippen MR) is 109 cm³/mol. The zero-order valence-electron chi connectivity index (χ0n) is 16.8. The number of nitro benzene ring substituents is 1. The van der Waals surface area contributed by atoms with E-state index >= 15 is 0 Å². The number of hydrogen-bond acceptors (Lipinski definition) is 5. The Labute approximate surface area is 172 Å². The van der Waals surface area contributed by atoms with E-state index in [0.717, 1.165) is 0 Å². The lowest BCUT2D eigenvalue weighted by Crippen LogP contribution is -2.52. The smallest absolute Gasteiger partial charge is 0.326 e. The van der Waals surface area contributed by atoms with Gasteiger partial charge in [0.15, 0.2) is 0 Å². The highest BCUT2D eigenvalue weighted by atomic mass is 79.9. The Morgan fingerprint density at radius 3 is 1.96 bits per heavy atom. The van der Waals surface area contributed by atoms with Crippen LogP contribution in [0.1, 0.15) is 41.5 Å². The Morgan fingerprint density at radius 2 is 1.61 bits per heavy atom. The van der Waals surface area contributed by atoms with Gasteiger partial charge < -0.3 is 15.5 Å². The molecule has 3 unspecified atom stereocenters. The fourth-order valence-electron chi connectivity index (χ4n) is 3.51. The van der Waals surface area contributed by atoms with E-state index in [1.807, 2.05) is 0 Å². The van der Waals surface area contributed by atoms with Crippen molar-refractivity contribution in [1.29, 1.82) is 0 Å². The van der Waals surface area contributed by atoms with Gasteiger partial charge in [0, 0.05) is 16.5 Å². The summed E-state index contributed by atoms with van der Waals surface area (Å²) in [5.74, 6) is -4.25. The Balaban J connectivity index is 3.60. The number of nitro groups is 1. The first-order valence-corrected chi connectivity index (χ1v) is 9.52. The van der Waals surface area contributed by atoms with E-state index in [4.69, 9.17) is 0 Å². The van der Waals surface area contributed by atoms with Gasteiger partial charge in [-0.25, -0.2) is 4.79 Å². The summed E-state index contributed by atoms with van der Waals surface area (Å²) in [5.41, 5.74) is -1.72. The van der Waals surface area contributed by atoms with Gasteiger partial charge >= 0.3 is 11.9 Å². The summed E-state index contributed by atoms with van der Waals surface area (Å²) in [6.45, 7) is 10.5. The summed E-state index contributed by atoms with van der Waals surface area (Å²) in [6, 6.07) is 2.81. The van der Waals surface area contributed by atoms with Crippen molar-refractivity contribution in [2.75, 3.05) is 5.32 Å². The van der Waals surface area contributed by atoms with E-state index in [-0.39, 0.29) is 11.4 Å². The van der Waals surface area contributed by atoms with Gasteiger partial charge in [0.1, 0.15) is 11.7 Å². The van der Waals surface area contributed by atoms with Crippen LogP contribution in [0.2, 0.25) is 0 Å². The molecule has 3 atom stereocenters. The largest absolute Gasteiger partial charge is 0.481 e. The summed E-state index contributed by atoms with van der Waals surface area (Å²) in [6.07, 6.45) is 0. The van der Waals surface area contributed by atoms with E-state index in [9.17, 15) is 29.9 Å². The lowest BCUT2D eigenvalue weighted by Gasteiger charge is -2.44. The van der Waals surface area contributed by atoms with Crippen molar-refractivity contribution in [1.82, 2.24) is 0 Å². The van der Waals surface area contributed by atoms with Crippen LogP contribution in [-0.4, -0.2) is 33.1 Å². The highest BCUT2D eigenvalue weighted by molar-refractivity contribution is 9.10. The first-order chi connectivity index (χ1) is 12.6. The van der Waals surface area contributed by atoms with Gasteiger partial charge in [-0.05, 0) is 23.0 Å². The van der Waals surface area contributed by atoms with Crippen LogP contribution in [0.5, 0.6) is 0 Å². The molecule has 28 heavy (non-hydrogen) atoms. The van der Waals surface area contributed by atoms with Crippen LogP contribution in [-0.2, 0) is 9.59 Å². The van der Waals surface area contributed by atoms with Crippen LogP contribution in [0.3, 0.4) is 0 Å². The second kappa shape index (κ2) is 8.46. The predicted octanol–water partition coefficient (Wildman–Crippen LogP) is 4.63. The molecule has 1 aromatic carbocycles. The van der Waals surface area contributed by atoms with E-state index in [2.05, 4.69) is 21.2 Å². The van der Waals surface area contributed by atoms with Gasteiger partial charge in [-0.2, -0.15) is 0 Å². The van der Waals surface area contributed by atoms with Crippen molar-refractivity contribution in [3.05, 3.63) is 32.8 Å².